The molecule has 0 saturated carbocycles. The Morgan fingerprint density at radius 1 is 1.14 bits per heavy atom. The molecule has 1 N–H and O–H groups in total. The summed E-state index contributed by atoms with van der Waals surface area (Å²) in [5.41, 5.74) is 2.89. The maximum Gasteiger partial charge on any atom is 0.243 e. The molecule has 1 amide bonds. The van der Waals surface area contributed by atoms with E-state index in [1.54, 1.807) is 12.1 Å². The molecule has 0 aromatic heterocycles. The van der Waals surface area contributed by atoms with Crippen molar-refractivity contribution >= 4 is 33.2 Å². The Labute approximate surface area is 171 Å². The van der Waals surface area contributed by atoms with Gasteiger partial charge in [0, 0.05) is 29.7 Å². The lowest BCUT2D eigenvalue weighted by molar-refractivity contribution is -0.117. The molecule has 5 nitrogen and oxygen atoms in total. The van der Waals surface area contributed by atoms with Crippen LogP contribution in [0.4, 0.5) is 5.69 Å². The van der Waals surface area contributed by atoms with E-state index in [0.717, 1.165) is 29.7 Å². The number of nitrogens with one attached hydrogen (secondary N) is 1. The summed E-state index contributed by atoms with van der Waals surface area (Å²) in [7, 11) is -3.67. The highest BCUT2D eigenvalue weighted by molar-refractivity contribution is 7.89. The summed E-state index contributed by atoms with van der Waals surface area (Å²) in [6.45, 7) is 4.38. The second-order valence-electron chi connectivity index (χ2n) is 7.22. The van der Waals surface area contributed by atoms with Gasteiger partial charge in [-0.2, -0.15) is 4.31 Å². The highest BCUT2D eigenvalue weighted by Gasteiger charge is 2.34. The number of aryl methyl sites for hydroxylation is 1. The number of hydrogen-bond donors (Lipinski definition) is 1. The number of carbonyl (C=O) groups excluding carboxylic acids is 1. The first-order valence-corrected chi connectivity index (χ1v) is 11.2. The molecule has 0 aliphatic carbocycles. The van der Waals surface area contributed by atoms with Gasteiger partial charge in [0.05, 0.1) is 4.90 Å². The van der Waals surface area contributed by atoms with Crippen LogP contribution >= 0.6 is 11.6 Å². The van der Waals surface area contributed by atoms with Gasteiger partial charge in [-0.15, -0.1) is 0 Å². The van der Waals surface area contributed by atoms with Crippen molar-refractivity contribution in [2.24, 2.45) is 0 Å². The molecule has 7 heteroatoms. The average molecular weight is 421 g/mol. The molecule has 2 aromatic rings. The summed E-state index contributed by atoms with van der Waals surface area (Å²) >= 11 is 5.88. The van der Waals surface area contributed by atoms with E-state index in [1.807, 2.05) is 32.0 Å². The zero-order chi connectivity index (χ0) is 20.3. The number of rotatable bonds is 5. The van der Waals surface area contributed by atoms with Crippen LogP contribution in [0.1, 0.15) is 36.8 Å². The standard InChI is InChI=1S/C21H25ClN2O3S/c1-15-6-5-8-20(16(15)2)23-21(25)14-18-7-3-4-13-24(18)28(26,27)19-11-9-17(22)10-12-19/h5-6,8-12,18H,3-4,7,13-14H2,1-2H3,(H,23,25). The summed E-state index contributed by atoms with van der Waals surface area (Å²) < 4.78 is 27.7. The quantitative estimate of drug-likeness (QED) is 0.772. The number of anilines is 1. The van der Waals surface area contributed by atoms with Crippen LogP contribution in [0.3, 0.4) is 0 Å². The van der Waals surface area contributed by atoms with Gasteiger partial charge in [0.25, 0.3) is 0 Å². The number of sulfonamides is 1. The lowest BCUT2D eigenvalue weighted by atomic mass is 10.0. The van der Waals surface area contributed by atoms with Crippen molar-refractivity contribution in [3.05, 3.63) is 58.6 Å². The molecular formula is C21H25ClN2O3S. The lowest BCUT2D eigenvalue weighted by Crippen LogP contribution is -2.45. The van der Waals surface area contributed by atoms with Gasteiger partial charge in [-0.25, -0.2) is 8.42 Å². The molecule has 1 aliphatic heterocycles. The first kappa shape index (κ1) is 20.8. The largest absolute Gasteiger partial charge is 0.326 e. The van der Waals surface area contributed by atoms with Gasteiger partial charge in [0.1, 0.15) is 0 Å². The maximum absolute atomic E-state index is 13.1. The van der Waals surface area contributed by atoms with Crippen LogP contribution in [0.25, 0.3) is 0 Å². The maximum atomic E-state index is 13.1. The Balaban J connectivity index is 1.77. The molecule has 1 heterocycles. The number of hydrogen-bond acceptors (Lipinski definition) is 3. The van der Waals surface area contributed by atoms with Crippen LogP contribution < -0.4 is 5.32 Å². The van der Waals surface area contributed by atoms with Gasteiger partial charge in [0.15, 0.2) is 0 Å². The van der Waals surface area contributed by atoms with E-state index in [1.165, 1.54) is 16.4 Å². The van der Waals surface area contributed by atoms with Gasteiger partial charge < -0.3 is 5.32 Å². The number of halogens is 1. The third kappa shape index (κ3) is 4.57. The van der Waals surface area contributed by atoms with Crippen molar-refractivity contribution < 1.29 is 13.2 Å². The third-order valence-corrected chi connectivity index (χ3v) is 7.51. The minimum Gasteiger partial charge on any atom is -0.326 e. The van der Waals surface area contributed by atoms with Crippen molar-refractivity contribution in [1.82, 2.24) is 4.31 Å². The first-order valence-electron chi connectivity index (χ1n) is 9.42. The predicted molar refractivity (Wildman–Crippen MR) is 112 cm³/mol. The number of amides is 1. The fourth-order valence-corrected chi connectivity index (χ4v) is 5.36. The Bertz CT molecular complexity index is 958. The summed E-state index contributed by atoms with van der Waals surface area (Å²) in [4.78, 5) is 12.9. The second kappa shape index (κ2) is 8.64. The highest BCUT2D eigenvalue weighted by atomic mass is 35.5. The van der Waals surface area contributed by atoms with E-state index >= 15 is 0 Å². The second-order valence-corrected chi connectivity index (χ2v) is 9.55. The molecule has 1 fully saturated rings. The van der Waals surface area contributed by atoms with E-state index in [2.05, 4.69) is 5.32 Å². The van der Waals surface area contributed by atoms with Gasteiger partial charge in [-0.1, -0.05) is 30.2 Å². The van der Waals surface area contributed by atoms with Crippen LogP contribution in [0, 0.1) is 13.8 Å². The van der Waals surface area contributed by atoms with Crippen LogP contribution in [0.15, 0.2) is 47.4 Å². The number of benzene rings is 2. The minimum absolute atomic E-state index is 0.139. The van der Waals surface area contributed by atoms with Crippen molar-refractivity contribution in [3.8, 4) is 0 Å². The predicted octanol–water partition coefficient (Wildman–Crippen LogP) is 4.53. The van der Waals surface area contributed by atoms with Crippen LogP contribution in [0.5, 0.6) is 0 Å². The average Bonchev–Trinajstić information content (AvgIpc) is 2.66. The van der Waals surface area contributed by atoms with Gasteiger partial charge in [-0.3, -0.25) is 4.79 Å². The molecule has 1 saturated heterocycles. The smallest absolute Gasteiger partial charge is 0.243 e. The van der Waals surface area contributed by atoms with E-state index in [-0.39, 0.29) is 23.3 Å². The number of nitrogens with zero attached hydrogens (tertiary/aromatic N) is 1. The molecule has 150 valence electrons. The van der Waals surface area contributed by atoms with E-state index in [9.17, 15) is 13.2 Å². The summed E-state index contributed by atoms with van der Waals surface area (Å²) in [6.07, 6.45) is 2.52. The third-order valence-electron chi connectivity index (χ3n) is 5.29. The van der Waals surface area contributed by atoms with Gasteiger partial charge >= 0.3 is 0 Å². The zero-order valence-corrected chi connectivity index (χ0v) is 17.7. The Hall–Kier alpha value is -1.89. The SMILES string of the molecule is Cc1cccc(NC(=O)CC2CCCCN2S(=O)(=O)c2ccc(Cl)cc2)c1C. The van der Waals surface area contributed by atoms with Crippen molar-refractivity contribution in [2.75, 3.05) is 11.9 Å². The molecule has 2 aromatic carbocycles. The monoisotopic (exact) mass is 420 g/mol. The zero-order valence-electron chi connectivity index (χ0n) is 16.1. The van der Waals surface area contributed by atoms with Crippen molar-refractivity contribution in [1.29, 1.82) is 0 Å². The summed E-state index contributed by atoms with van der Waals surface area (Å²) in [5, 5.41) is 3.43. The van der Waals surface area contributed by atoms with Crippen LogP contribution in [0.2, 0.25) is 5.02 Å². The molecular weight excluding hydrogens is 396 g/mol. The first-order chi connectivity index (χ1) is 13.3. The van der Waals surface area contributed by atoms with Crippen molar-refractivity contribution in [3.63, 3.8) is 0 Å². The fraction of sp³-hybridized carbons (Fsp3) is 0.381. The Kier molecular flexibility index (Phi) is 6.43. The van der Waals surface area contributed by atoms with E-state index in [4.69, 9.17) is 11.6 Å². The van der Waals surface area contributed by atoms with Gasteiger partial charge in [0.2, 0.25) is 15.9 Å². The summed E-state index contributed by atoms with van der Waals surface area (Å²) in [6, 6.07) is 11.6. The molecule has 1 atom stereocenters. The molecule has 0 radical (unpaired) electrons. The lowest BCUT2D eigenvalue weighted by Gasteiger charge is -2.34. The van der Waals surface area contributed by atoms with Gasteiger partial charge in [-0.05, 0) is 68.1 Å². The highest BCUT2D eigenvalue weighted by Crippen LogP contribution is 2.28. The Morgan fingerprint density at radius 3 is 2.57 bits per heavy atom. The van der Waals surface area contributed by atoms with Crippen molar-refractivity contribution in [2.45, 2.75) is 50.5 Å². The number of piperidine rings is 1. The Morgan fingerprint density at radius 2 is 1.86 bits per heavy atom. The molecule has 28 heavy (non-hydrogen) atoms. The molecule has 0 spiro atoms. The fourth-order valence-electron chi connectivity index (χ4n) is 3.54. The number of carbonyl (C=O) groups is 1. The molecule has 1 unspecified atom stereocenters. The topological polar surface area (TPSA) is 66.5 Å². The summed E-state index contributed by atoms with van der Waals surface area (Å²) in [5.74, 6) is -0.170. The molecule has 1 aliphatic rings. The van der Waals surface area contributed by atoms with E-state index in [0.29, 0.717) is 18.0 Å². The molecule has 3 rings (SSSR count). The van der Waals surface area contributed by atoms with E-state index < -0.39 is 10.0 Å². The normalized spacial score (nSPS) is 18.0. The molecule has 0 bridgehead atoms. The van der Waals surface area contributed by atoms with Crippen LogP contribution in [-0.4, -0.2) is 31.2 Å². The van der Waals surface area contributed by atoms with Crippen LogP contribution in [-0.2, 0) is 14.8 Å². The minimum atomic E-state index is -3.67.